The highest BCUT2D eigenvalue weighted by Crippen LogP contribution is 2.59. The van der Waals surface area contributed by atoms with Crippen molar-refractivity contribution in [3.05, 3.63) is 35.4 Å². The smallest absolute Gasteiger partial charge is 0.134 e. The molecule has 1 saturated carbocycles. The first-order chi connectivity index (χ1) is 10.1. The summed E-state index contributed by atoms with van der Waals surface area (Å²) in [5.74, 6) is 1.32. The highest BCUT2D eigenvalue weighted by molar-refractivity contribution is 5.79. The number of likely N-dealkylation sites (N-methyl/N-ethyl adjacent to an activating group) is 1. The van der Waals surface area contributed by atoms with Crippen molar-refractivity contribution >= 4 is 5.78 Å². The van der Waals surface area contributed by atoms with E-state index in [1.54, 1.807) is 18.1 Å². The summed E-state index contributed by atoms with van der Waals surface area (Å²) < 4.78 is 0. The third-order valence-electron chi connectivity index (χ3n) is 6.90. The molecule has 0 spiro atoms. The normalized spacial score (nSPS) is 40.9. The minimum Gasteiger partial charge on any atom is -0.300 e. The summed E-state index contributed by atoms with van der Waals surface area (Å²) in [6, 6.07) is 10.1. The summed E-state index contributed by atoms with van der Waals surface area (Å²) in [5.41, 5.74) is 3.46. The lowest BCUT2D eigenvalue weighted by Crippen LogP contribution is -2.69. The lowest BCUT2D eigenvalue weighted by Gasteiger charge is -2.65. The highest BCUT2D eigenvalue weighted by Gasteiger charge is 2.60. The van der Waals surface area contributed by atoms with E-state index in [2.05, 4.69) is 43.1 Å². The molecule has 4 bridgehead atoms. The molecule has 0 N–H and O–H groups in total. The van der Waals surface area contributed by atoms with Crippen LogP contribution in [0, 0.1) is 11.8 Å². The molecule has 2 heteroatoms. The topological polar surface area (TPSA) is 20.3 Å². The summed E-state index contributed by atoms with van der Waals surface area (Å²) in [5, 5.41) is 0. The van der Waals surface area contributed by atoms with E-state index >= 15 is 0 Å². The number of benzene rings is 1. The van der Waals surface area contributed by atoms with Crippen LogP contribution in [0.2, 0.25) is 0 Å². The van der Waals surface area contributed by atoms with E-state index in [0.29, 0.717) is 29.2 Å². The van der Waals surface area contributed by atoms with Gasteiger partial charge in [-0.25, -0.2) is 0 Å². The van der Waals surface area contributed by atoms with E-state index in [1.165, 1.54) is 19.3 Å². The fourth-order valence-corrected chi connectivity index (χ4v) is 5.85. The molecule has 1 aromatic carbocycles. The zero-order valence-electron chi connectivity index (χ0n) is 13.3. The second-order valence-corrected chi connectivity index (χ2v) is 7.43. The number of ketones is 1. The van der Waals surface area contributed by atoms with Gasteiger partial charge in [0.1, 0.15) is 5.78 Å². The van der Waals surface area contributed by atoms with Crippen LogP contribution in [0.4, 0.5) is 0 Å². The van der Waals surface area contributed by atoms with E-state index in [1.807, 2.05) is 0 Å². The van der Waals surface area contributed by atoms with E-state index in [9.17, 15) is 4.79 Å². The zero-order chi connectivity index (χ0) is 14.8. The number of carbonyl (C=O) groups is 1. The van der Waals surface area contributed by atoms with Gasteiger partial charge in [-0.3, -0.25) is 9.69 Å². The number of carbonyl (C=O) groups excluding carboxylic acids is 1. The molecule has 21 heavy (non-hydrogen) atoms. The van der Waals surface area contributed by atoms with Crippen molar-refractivity contribution in [2.24, 2.45) is 11.8 Å². The molecule has 2 saturated heterocycles. The van der Waals surface area contributed by atoms with Crippen molar-refractivity contribution in [2.75, 3.05) is 7.05 Å². The van der Waals surface area contributed by atoms with Gasteiger partial charge in [-0.05, 0) is 56.7 Å². The van der Waals surface area contributed by atoms with Crippen molar-refractivity contribution in [1.29, 1.82) is 0 Å². The third kappa shape index (κ3) is 1.60. The van der Waals surface area contributed by atoms with Crippen molar-refractivity contribution in [3.8, 4) is 0 Å². The Morgan fingerprint density at radius 3 is 2.81 bits per heavy atom. The Bertz CT molecular complexity index is 595. The quantitative estimate of drug-likeness (QED) is 0.831. The van der Waals surface area contributed by atoms with Gasteiger partial charge in [-0.2, -0.15) is 0 Å². The second-order valence-electron chi connectivity index (χ2n) is 7.43. The number of fused-ring (bicyclic) bond motifs is 2. The molecule has 4 aliphatic rings. The maximum absolute atomic E-state index is 12.1. The van der Waals surface area contributed by atoms with Gasteiger partial charge in [0.15, 0.2) is 0 Å². The Morgan fingerprint density at radius 2 is 2.10 bits per heavy atom. The Balaban J connectivity index is 1.86. The molecule has 1 aromatic rings. The fourth-order valence-electron chi connectivity index (χ4n) is 5.85. The SMILES string of the molecule is CC[C@]12CC3C(C(C)=O)CC1C(Cc1ccccc12)N3C. The Labute approximate surface area is 127 Å². The number of rotatable bonds is 2. The Morgan fingerprint density at radius 1 is 1.33 bits per heavy atom. The van der Waals surface area contributed by atoms with Crippen LogP contribution in [0.5, 0.6) is 0 Å². The monoisotopic (exact) mass is 283 g/mol. The average Bonchev–Trinajstić information content (AvgIpc) is 2.50. The summed E-state index contributed by atoms with van der Waals surface area (Å²) in [6.07, 6.45) is 4.65. The molecular weight excluding hydrogens is 258 g/mol. The number of Topliss-reactive ketones (excluding diaryl/α,β-unsaturated/α-hetero) is 1. The summed E-state index contributed by atoms with van der Waals surface area (Å²) >= 11 is 0. The van der Waals surface area contributed by atoms with Gasteiger partial charge in [-0.1, -0.05) is 31.2 Å². The molecule has 0 amide bonds. The maximum Gasteiger partial charge on any atom is 0.134 e. The van der Waals surface area contributed by atoms with Crippen LogP contribution < -0.4 is 0 Å². The number of hydrogen-bond acceptors (Lipinski definition) is 2. The molecule has 112 valence electrons. The standard InChI is InChI=1S/C19H25NO/c1-4-19-11-18-14(12(2)21)10-16(19)17(20(18)3)9-13-7-5-6-8-15(13)19/h5-8,14,16-18H,4,9-11H2,1-3H3/t14?,16?,17?,18?,19-/m1/s1. The van der Waals surface area contributed by atoms with Crippen LogP contribution in [0.1, 0.15) is 44.2 Å². The van der Waals surface area contributed by atoms with Crippen molar-refractivity contribution < 1.29 is 4.79 Å². The lowest BCUT2D eigenvalue weighted by atomic mass is 9.48. The van der Waals surface area contributed by atoms with Crippen LogP contribution >= 0.6 is 0 Å². The Kier molecular flexibility index (Phi) is 2.85. The predicted octanol–water partition coefficient (Wildman–Crippen LogP) is 3.19. The van der Waals surface area contributed by atoms with Crippen LogP contribution in [0.15, 0.2) is 24.3 Å². The minimum atomic E-state index is 0.265. The average molecular weight is 283 g/mol. The fraction of sp³-hybridized carbons (Fsp3) is 0.632. The molecule has 2 aliphatic carbocycles. The molecule has 3 fully saturated rings. The third-order valence-corrected chi connectivity index (χ3v) is 6.90. The molecule has 2 aliphatic heterocycles. The first kappa shape index (κ1) is 13.5. The largest absolute Gasteiger partial charge is 0.300 e. The van der Waals surface area contributed by atoms with Crippen LogP contribution in [-0.2, 0) is 16.6 Å². The van der Waals surface area contributed by atoms with Gasteiger partial charge in [0, 0.05) is 23.4 Å². The Hall–Kier alpha value is -1.15. The van der Waals surface area contributed by atoms with Gasteiger partial charge in [0.2, 0.25) is 0 Å². The van der Waals surface area contributed by atoms with E-state index in [0.717, 1.165) is 6.42 Å². The molecule has 5 rings (SSSR count). The molecule has 4 unspecified atom stereocenters. The number of nitrogens with zero attached hydrogens (tertiary/aromatic N) is 1. The summed E-state index contributed by atoms with van der Waals surface area (Å²) in [7, 11) is 2.25. The molecule has 0 aromatic heterocycles. The molecule has 5 atom stereocenters. The maximum atomic E-state index is 12.1. The van der Waals surface area contributed by atoms with Crippen molar-refractivity contribution in [2.45, 2.75) is 57.0 Å². The van der Waals surface area contributed by atoms with Crippen LogP contribution in [0.25, 0.3) is 0 Å². The highest BCUT2D eigenvalue weighted by atomic mass is 16.1. The first-order valence-corrected chi connectivity index (χ1v) is 8.39. The van der Waals surface area contributed by atoms with Gasteiger partial charge >= 0.3 is 0 Å². The predicted molar refractivity (Wildman–Crippen MR) is 84.3 cm³/mol. The van der Waals surface area contributed by atoms with Gasteiger partial charge < -0.3 is 0 Å². The summed E-state index contributed by atoms with van der Waals surface area (Å²) in [6.45, 7) is 4.14. The van der Waals surface area contributed by atoms with E-state index in [4.69, 9.17) is 0 Å². The molecule has 2 heterocycles. The van der Waals surface area contributed by atoms with Gasteiger partial charge in [-0.15, -0.1) is 0 Å². The van der Waals surface area contributed by atoms with Crippen molar-refractivity contribution in [1.82, 2.24) is 4.90 Å². The van der Waals surface area contributed by atoms with Crippen LogP contribution in [-0.4, -0.2) is 29.8 Å². The molecule has 2 nitrogen and oxygen atoms in total. The zero-order valence-corrected chi connectivity index (χ0v) is 13.3. The van der Waals surface area contributed by atoms with Gasteiger partial charge in [0.05, 0.1) is 0 Å². The number of hydrogen-bond donors (Lipinski definition) is 0. The van der Waals surface area contributed by atoms with E-state index < -0.39 is 0 Å². The van der Waals surface area contributed by atoms with Crippen LogP contribution in [0.3, 0.4) is 0 Å². The lowest BCUT2D eigenvalue weighted by molar-refractivity contribution is -0.139. The number of piperidine rings is 2. The first-order valence-electron chi connectivity index (χ1n) is 8.39. The molecular formula is C19H25NO. The second kappa shape index (κ2) is 4.42. The van der Waals surface area contributed by atoms with E-state index in [-0.39, 0.29) is 5.92 Å². The van der Waals surface area contributed by atoms with Gasteiger partial charge in [0.25, 0.3) is 0 Å². The summed E-state index contributed by atoms with van der Waals surface area (Å²) in [4.78, 5) is 14.6. The minimum absolute atomic E-state index is 0.265. The van der Waals surface area contributed by atoms with Crippen molar-refractivity contribution in [3.63, 3.8) is 0 Å². The molecule has 0 radical (unpaired) electrons.